The minimum atomic E-state index is -0.559. The molecular formula is C4H6N4O2. The van der Waals surface area contributed by atoms with E-state index in [2.05, 4.69) is 10.2 Å². The molecule has 0 radical (unpaired) electrons. The first kappa shape index (κ1) is 6.66. The van der Waals surface area contributed by atoms with Gasteiger partial charge in [0.2, 0.25) is 0 Å². The average Bonchev–Trinajstić information content (AvgIpc) is 2.33. The Morgan fingerprint density at radius 3 is 3.00 bits per heavy atom. The number of hydrogen-bond donors (Lipinski definition) is 0. The molecule has 0 amide bonds. The lowest BCUT2D eigenvalue weighted by atomic mass is 10.7. The van der Waals surface area contributed by atoms with Crippen LogP contribution >= 0.6 is 0 Å². The van der Waals surface area contributed by atoms with E-state index in [9.17, 15) is 10.1 Å². The molecule has 6 heteroatoms. The maximum atomic E-state index is 10.1. The highest BCUT2D eigenvalue weighted by Gasteiger charge is 2.12. The summed E-state index contributed by atoms with van der Waals surface area (Å²) >= 11 is 0. The van der Waals surface area contributed by atoms with Gasteiger partial charge in [-0.15, -0.1) is 0 Å². The Bertz CT molecular complexity index is 243. The van der Waals surface area contributed by atoms with E-state index in [1.165, 1.54) is 10.9 Å². The molecule has 0 fully saturated rings. The molecule has 0 unspecified atom stereocenters. The van der Waals surface area contributed by atoms with Crippen molar-refractivity contribution < 1.29 is 4.92 Å². The highest BCUT2D eigenvalue weighted by atomic mass is 16.6. The van der Waals surface area contributed by atoms with Crippen LogP contribution in [0.25, 0.3) is 0 Å². The van der Waals surface area contributed by atoms with E-state index in [1.807, 2.05) is 0 Å². The number of aromatic nitrogens is 3. The van der Waals surface area contributed by atoms with Crippen LogP contribution in [-0.2, 0) is 6.54 Å². The second-order valence-electron chi connectivity index (χ2n) is 1.67. The predicted octanol–water partition coefficient (Wildman–Crippen LogP) is 0.206. The van der Waals surface area contributed by atoms with Crippen molar-refractivity contribution in [3.05, 3.63) is 16.4 Å². The molecule has 54 valence electrons. The summed E-state index contributed by atoms with van der Waals surface area (Å²) < 4.78 is 1.36. The van der Waals surface area contributed by atoms with E-state index in [-0.39, 0.29) is 5.95 Å². The quantitative estimate of drug-likeness (QED) is 0.437. The maximum absolute atomic E-state index is 10.1. The third kappa shape index (κ3) is 0.949. The fraction of sp³-hybridized carbons (Fsp3) is 0.500. The molecule has 0 spiro atoms. The Morgan fingerprint density at radius 1 is 1.90 bits per heavy atom. The standard InChI is InChI=1S/C4H6N4O2/c1-2-7-3-5-6-4(7)8(9)10/h3H,2H2,1H3. The molecule has 0 aliphatic carbocycles. The molecule has 0 saturated carbocycles. The maximum Gasteiger partial charge on any atom is 0.458 e. The smallest absolute Gasteiger partial charge is 0.390 e. The van der Waals surface area contributed by atoms with Crippen LogP contribution in [0.4, 0.5) is 5.95 Å². The highest BCUT2D eigenvalue weighted by molar-refractivity contribution is 5.00. The number of aryl methyl sites for hydroxylation is 1. The SMILES string of the molecule is CCn1cnnc1[N+](=O)[O-]. The van der Waals surface area contributed by atoms with Gasteiger partial charge in [-0.3, -0.25) is 0 Å². The number of nitro groups is 1. The summed E-state index contributed by atoms with van der Waals surface area (Å²) in [6.07, 6.45) is 1.33. The Balaban J connectivity index is 3.01. The largest absolute Gasteiger partial charge is 0.458 e. The van der Waals surface area contributed by atoms with Crippen molar-refractivity contribution in [1.29, 1.82) is 0 Å². The highest BCUT2D eigenvalue weighted by Crippen LogP contribution is 2.03. The van der Waals surface area contributed by atoms with E-state index in [0.717, 1.165) is 0 Å². The Kier molecular flexibility index (Phi) is 1.61. The van der Waals surface area contributed by atoms with Crippen molar-refractivity contribution in [2.24, 2.45) is 0 Å². The summed E-state index contributed by atoms with van der Waals surface area (Å²) in [6.45, 7) is 2.31. The fourth-order valence-corrected chi connectivity index (χ4v) is 0.613. The van der Waals surface area contributed by atoms with Gasteiger partial charge < -0.3 is 10.1 Å². The van der Waals surface area contributed by atoms with Crippen molar-refractivity contribution in [2.45, 2.75) is 13.5 Å². The zero-order chi connectivity index (χ0) is 7.56. The van der Waals surface area contributed by atoms with Gasteiger partial charge in [-0.25, -0.2) is 4.57 Å². The summed E-state index contributed by atoms with van der Waals surface area (Å²) in [5.41, 5.74) is 0. The minimum absolute atomic E-state index is 0.206. The van der Waals surface area contributed by atoms with E-state index < -0.39 is 4.92 Å². The Labute approximate surface area is 56.6 Å². The molecule has 6 nitrogen and oxygen atoms in total. The first-order valence-corrected chi connectivity index (χ1v) is 2.78. The summed E-state index contributed by atoms with van der Waals surface area (Å²) in [6, 6.07) is 0. The van der Waals surface area contributed by atoms with Crippen molar-refractivity contribution >= 4 is 5.95 Å². The average molecular weight is 142 g/mol. The van der Waals surface area contributed by atoms with Crippen LogP contribution in [0.15, 0.2) is 6.33 Å². The number of nitrogens with zero attached hydrogens (tertiary/aromatic N) is 4. The van der Waals surface area contributed by atoms with Crippen LogP contribution in [0.3, 0.4) is 0 Å². The van der Waals surface area contributed by atoms with Crippen molar-refractivity contribution in [3.63, 3.8) is 0 Å². The molecule has 1 aromatic rings. The molecule has 0 aromatic carbocycles. The zero-order valence-corrected chi connectivity index (χ0v) is 5.39. The summed E-state index contributed by atoms with van der Waals surface area (Å²) in [4.78, 5) is 9.56. The van der Waals surface area contributed by atoms with Crippen molar-refractivity contribution in [1.82, 2.24) is 14.8 Å². The molecule has 10 heavy (non-hydrogen) atoms. The first-order valence-electron chi connectivity index (χ1n) is 2.78. The van der Waals surface area contributed by atoms with Gasteiger partial charge in [-0.2, -0.15) is 0 Å². The molecule has 1 rings (SSSR count). The van der Waals surface area contributed by atoms with Crippen LogP contribution in [0.5, 0.6) is 0 Å². The second kappa shape index (κ2) is 2.42. The normalized spacial score (nSPS) is 9.70. The number of rotatable bonds is 2. The van der Waals surface area contributed by atoms with Crippen molar-refractivity contribution in [3.8, 4) is 0 Å². The van der Waals surface area contributed by atoms with Crippen LogP contribution in [0, 0.1) is 10.1 Å². The Morgan fingerprint density at radius 2 is 2.60 bits per heavy atom. The first-order chi connectivity index (χ1) is 4.75. The van der Waals surface area contributed by atoms with Gasteiger partial charge in [0.1, 0.15) is 0 Å². The fourth-order valence-electron chi connectivity index (χ4n) is 0.613. The zero-order valence-electron chi connectivity index (χ0n) is 5.39. The summed E-state index contributed by atoms with van der Waals surface area (Å²) in [7, 11) is 0. The van der Waals surface area contributed by atoms with Gasteiger partial charge in [0.25, 0.3) is 0 Å². The van der Waals surface area contributed by atoms with E-state index in [0.29, 0.717) is 6.54 Å². The van der Waals surface area contributed by atoms with Gasteiger partial charge in [0, 0.05) is 0 Å². The predicted molar refractivity (Wildman–Crippen MR) is 32.4 cm³/mol. The van der Waals surface area contributed by atoms with Crippen LogP contribution < -0.4 is 0 Å². The minimum Gasteiger partial charge on any atom is -0.390 e. The molecular weight excluding hydrogens is 136 g/mol. The third-order valence-corrected chi connectivity index (χ3v) is 1.10. The van der Waals surface area contributed by atoms with E-state index in [1.54, 1.807) is 6.92 Å². The second-order valence-corrected chi connectivity index (χ2v) is 1.67. The lowest BCUT2D eigenvalue weighted by Gasteiger charge is -1.92. The van der Waals surface area contributed by atoms with Crippen LogP contribution in [0.2, 0.25) is 0 Å². The molecule has 0 aliphatic rings. The van der Waals surface area contributed by atoms with E-state index >= 15 is 0 Å². The number of hydrogen-bond acceptors (Lipinski definition) is 4. The van der Waals surface area contributed by atoms with Gasteiger partial charge >= 0.3 is 5.95 Å². The molecule has 0 aliphatic heterocycles. The summed E-state index contributed by atoms with van der Waals surface area (Å²) in [5.74, 6) is -0.206. The van der Waals surface area contributed by atoms with E-state index in [4.69, 9.17) is 0 Å². The van der Waals surface area contributed by atoms with Gasteiger partial charge in [-0.1, -0.05) is 0 Å². The topological polar surface area (TPSA) is 73.8 Å². The molecule has 0 bridgehead atoms. The van der Waals surface area contributed by atoms with Gasteiger partial charge in [0.05, 0.1) is 11.6 Å². The molecule has 0 saturated heterocycles. The third-order valence-electron chi connectivity index (χ3n) is 1.10. The lowest BCUT2D eigenvalue weighted by molar-refractivity contribution is -0.397. The van der Waals surface area contributed by atoms with Crippen molar-refractivity contribution in [2.75, 3.05) is 0 Å². The van der Waals surface area contributed by atoms with Gasteiger partial charge in [0.15, 0.2) is 6.33 Å². The van der Waals surface area contributed by atoms with Gasteiger partial charge in [-0.05, 0) is 16.9 Å². The summed E-state index contributed by atoms with van der Waals surface area (Å²) in [5, 5.41) is 16.8. The van der Waals surface area contributed by atoms with Crippen LogP contribution in [-0.4, -0.2) is 19.7 Å². The molecule has 1 heterocycles. The Hall–Kier alpha value is -1.46. The molecule has 0 N–H and O–H groups in total. The molecule has 1 aromatic heterocycles. The van der Waals surface area contributed by atoms with Crippen LogP contribution in [0.1, 0.15) is 6.92 Å². The molecule has 0 atom stereocenters. The monoisotopic (exact) mass is 142 g/mol. The lowest BCUT2D eigenvalue weighted by Crippen LogP contribution is -2.00.